The van der Waals surface area contributed by atoms with Crippen molar-refractivity contribution in [2.75, 3.05) is 13.1 Å². The highest BCUT2D eigenvalue weighted by Crippen LogP contribution is 2.42. The minimum atomic E-state index is -0.0736. The van der Waals surface area contributed by atoms with E-state index in [1.807, 2.05) is 0 Å². The first-order valence-electron chi connectivity index (χ1n) is 9.09. The van der Waals surface area contributed by atoms with Crippen LogP contribution >= 0.6 is 12.4 Å². The Hall–Kier alpha value is -1.07. The van der Waals surface area contributed by atoms with Gasteiger partial charge in [-0.2, -0.15) is 5.10 Å². The molecular weight excluding hydrogens is 324 g/mol. The molecule has 1 N–H and O–H groups in total. The molecule has 1 aromatic rings. The zero-order valence-corrected chi connectivity index (χ0v) is 15.7. The average Bonchev–Trinajstić information content (AvgIpc) is 3.12. The normalized spacial score (nSPS) is 26.9. The first-order chi connectivity index (χ1) is 10.9. The minimum Gasteiger partial charge on any atom is -0.330 e. The quantitative estimate of drug-likeness (QED) is 0.890. The van der Waals surface area contributed by atoms with E-state index in [-0.39, 0.29) is 23.9 Å². The van der Waals surface area contributed by atoms with E-state index in [9.17, 15) is 4.79 Å². The van der Waals surface area contributed by atoms with Gasteiger partial charge in [0.15, 0.2) is 5.69 Å². The summed E-state index contributed by atoms with van der Waals surface area (Å²) in [6.07, 6.45) is 5.80. The molecule has 0 spiro atoms. The van der Waals surface area contributed by atoms with Crippen molar-refractivity contribution in [3.05, 3.63) is 17.5 Å². The summed E-state index contributed by atoms with van der Waals surface area (Å²) in [6.45, 7) is 8.45. The number of rotatable bonds is 2. The number of halogens is 1. The molecule has 3 aliphatic rings. The number of nitrogens with zero attached hydrogens (tertiary/aromatic N) is 3. The fourth-order valence-corrected chi connectivity index (χ4v) is 4.15. The van der Waals surface area contributed by atoms with Gasteiger partial charge in [-0.3, -0.25) is 9.48 Å². The van der Waals surface area contributed by atoms with Crippen molar-refractivity contribution in [3.63, 3.8) is 0 Å². The molecule has 0 aromatic carbocycles. The zero-order chi connectivity index (χ0) is 16.2. The van der Waals surface area contributed by atoms with Gasteiger partial charge in [0.05, 0.1) is 5.54 Å². The summed E-state index contributed by atoms with van der Waals surface area (Å²) < 4.78 is 2.09. The van der Waals surface area contributed by atoms with E-state index in [2.05, 4.69) is 41.7 Å². The lowest BCUT2D eigenvalue weighted by Crippen LogP contribution is -2.42. The van der Waals surface area contributed by atoms with E-state index in [1.54, 1.807) is 0 Å². The van der Waals surface area contributed by atoms with Gasteiger partial charge in [0.1, 0.15) is 0 Å². The molecule has 134 valence electrons. The van der Waals surface area contributed by atoms with Crippen molar-refractivity contribution in [1.29, 1.82) is 0 Å². The van der Waals surface area contributed by atoms with Crippen molar-refractivity contribution >= 4 is 18.3 Å². The number of hydrogen-bond acceptors (Lipinski definition) is 3. The van der Waals surface area contributed by atoms with E-state index in [0.717, 1.165) is 32.4 Å². The van der Waals surface area contributed by atoms with E-state index < -0.39 is 0 Å². The average molecular weight is 353 g/mol. The lowest BCUT2D eigenvalue weighted by molar-refractivity contribution is 0.0672. The molecule has 1 saturated carbocycles. The van der Waals surface area contributed by atoms with Gasteiger partial charge in [-0.1, -0.05) is 0 Å². The van der Waals surface area contributed by atoms with Crippen molar-refractivity contribution in [3.8, 4) is 0 Å². The molecule has 1 aromatic heterocycles. The van der Waals surface area contributed by atoms with Gasteiger partial charge >= 0.3 is 0 Å². The van der Waals surface area contributed by atoms with Crippen LogP contribution in [0, 0.1) is 0 Å². The third-order valence-electron chi connectivity index (χ3n) is 5.48. The maximum Gasteiger partial charge on any atom is 0.274 e. The second kappa shape index (κ2) is 6.34. The molecule has 2 aliphatic heterocycles. The second-order valence-corrected chi connectivity index (χ2v) is 8.40. The van der Waals surface area contributed by atoms with Gasteiger partial charge in [-0.15, -0.1) is 12.4 Å². The fraction of sp³-hybridized carbons (Fsp3) is 0.778. The summed E-state index contributed by atoms with van der Waals surface area (Å²) in [5, 5.41) is 8.21. The monoisotopic (exact) mass is 352 g/mol. The van der Waals surface area contributed by atoms with Crippen LogP contribution in [-0.4, -0.2) is 45.8 Å². The van der Waals surface area contributed by atoms with Crippen LogP contribution in [-0.2, 0) is 5.54 Å². The van der Waals surface area contributed by atoms with E-state index in [1.165, 1.54) is 18.5 Å². The Morgan fingerprint density at radius 2 is 1.88 bits per heavy atom. The number of carbonyl (C=O) groups is 1. The smallest absolute Gasteiger partial charge is 0.274 e. The van der Waals surface area contributed by atoms with Crippen molar-refractivity contribution in [2.45, 2.75) is 76.4 Å². The van der Waals surface area contributed by atoms with Crippen molar-refractivity contribution in [2.24, 2.45) is 0 Å². The van der Waals surface area contributed by atoms with E-state index in [4.69, 9.17) is 5.10 Å². The highest BCUT2D eigenvalue weighted by molar-refractivity contribution is 5.93. The molecular formula is C18H29ClN4O. The summed E-state index contributed by atoms with van der Waals surface area (Å²) in [4.78, 5) is 15.3. The predicted molar refractivity (Wildman–Crippen MR) is 96.9 cm³/mol. The van der Waals surface area contributed by atoms with E-state index >= 15 is 0 Å². The van der Waals surface area contributed by atoms with Crippen LogP contribution in [0.4, 0.5) is 0 Å². The lowest BCUT2D eigenvalue weighted by Gasteiger charge is -2.27. The lowest BCUT2D eigenvalue weighted by atomic mass is 10.1. The standard InChI is InChI=1S/C18H28N4O.ClH/c1-18(2,3)22-16(12-4-5-12)10-15(20-22)17(23)21-13-6-7-14(21)11-19-9-8-13;/h10,12-14,19H,4-9,11H2,1-3H3;1H. The molecule has 3 heterocycles. The molecule has 0 radical (unpaired) electrons. The Morgan fingerprint density at radius 1 is 1.17 bits per heavy atom. The molecule has 3 fully saturated rings. The molecule has 5 nitrogen and oxygen atoms in total. The molecule has 24 heavy (non-hydrogen) atoms. The Balaban J connectivity index is 0.00000169. The SMILES string of the molecule is CC(C)(C)n1nc(C(=O)N2C3CCNCC2CC3)cc1C1CC1.Cl. The summed E-state index contributed by atoms with van der Waals surface area (Å²) in [5.74, 6) is 0.747. The van der Waals surface area contributed by atoms with Gasteiger partial charge in [0.25, 0.3) is 5.91 Å². The maximum absolute atomic E-state index is 13.2. The molecule has 2 bridgehead atoms. The third kappa shape index (κ3) is 3.08. The predicted octanol–water partition coefficient (Wildman–Crippen LogP) is 2.90. The van der Waals surface area contributed by atoms with Crippen LogP contribution in [0.3, 0.4) is 0 Å². The number of nitrogens with one attached hydrogen (secondary N) is 1. The summed E-state index contributed by atoms with van der Waals surface area (Å²) in [6, 6.07) is 2.81. The van der Waals surface area contributed by atoms with Gasteiger partial charge in [-0.05, 0) is 65.5 Å². The van der Waals surface area contributed by atoms with Gasteiger partial charge in [0, 0.05) is 30.2 Å². The largest absolute Gasteiger partial charge is 0.330 e. The molecule has 1 aliphatic carbocycles. The van der Waals surface area contributed by atoms with Gasteiger partial charge in [-0.25, -0.2) is 0 Å². The topological polar surface area (TPSA) is 50.2 Å². The minimum absolute atomic E-state index is 0. The maximum atomic E-state index is 13.2. The summed E-state index contributed by atoms with van der Waals surface area (Å²) in [7, 11) is 0. The second-order valence-electron chi connectivity index (χ2n) is 8.40. The highest BCUT2D eigenvalue weighted by atomic mass is 35.5. The summed E-state index contributed by atoms with van der Waals surface area (Å²) in [5.41, 5.74) is 1.83. The Bertz CT molecular complexity index is 603. The molecule has 2 atom stereocenters. The molecule has 2 unspecified atom stereocenters. The van der Waals surface area contributed by atoms with Crippen LogP contribution in [0.15, 0.2) is 6.07 Å². The zero-order valence-electron chi connectivity index (χ0n) is 14.9. The van der Waals surface area contributed by atoms with E-state index in [0.29, 0.717) is 23.7 Å². The fourth-order valence-electron chi connectivity index (χ4n) is 4.15. The van der Waals surface area contributed by atoms with Crippen LogP contribution in [0.5, 0.6) is 0 Å². The first kappa shape index (κ1) is 17.7. The summed E-state index contributed by atoms with van der Waals surface area (Å²) >= 11 is 0. The van der Waals surface area contributed by atoms with Crippen molar-refractivity contribution < 1.29 is 4.79 Å². The number of carbonyl (C=O) groups excluding carboxylic acids is 1. The number of amides is 1. The number of fused-ring (bicyclic) bond motifs is 2. The number of hydrogen-bond donors (Lipinski definition) is 1. The first-order valence-corrected chi connectivity index (χ1v) is 9.09. The Labute approximate surface area is 150 Å². The molecule has 2 saturated heterocycles. The van der Waals surface area contributed by atoms with Gasteiger partial charge in [0.2, 0.25) is 0 Å². The number of aromatic nitrogens is 2. The highest BCUT2D eigenvalue weighted by Gasteiger charge is 2.40. The Morgan fingerprint density at radius 3 is 2.54 bits per heavy atom. The van der Waals surface area contributed by atoms with Crippen LogP contribution in [0.1, 0.15) is 75.0 Å². The molecule has 4 rings (SSSR count). The third-order valence-corrected chi connectivity index (χ3v) is 5.48. The van der Waals surface area contributed by atoms with Gasteiger partial charge < -0.3 is 10.2 Å². The van der Waals surface area contributed by atoms with Crippen LogP contribution in [0.25, 0.3) is 0 Å². The molecule has 1 amide bonds. The van der Waals surface area contributed by atoms with Crippen LogP contribution in [0.2, 0.25) is 0 Å². The van der Waals surface area contributed by atoms with Crippen molar-refractivity contribution in [1.82, 2.24) is 20.0 Å². The molecule has 6 heteroatoms. The Kier molecular flexibility index (Phi) is 4.69. The van der Waals surface area contributed by atoms with Crippen LogP contribution < -0.4 is 5.32 Å².